The van der Waals surface area contributed by atoms with Gasteiger partial charge in [0.05, 0.1) is 7.11 Å². The summed E-state index contributed by atoms with van der Waals surface area (Å²) in [6.45, 7) is 7.59. The van der Waals surface area contributed by atoms with Gasteiger partial charge >= 0.3 is 0 Å². The molecule has 0 saturated carbocycles. The Morgan fingerprint density at radius 1 is 1.39 bits per heavy atom. The maximum atomic E-state index is 12.3. The number of amides is 1. The molecular weight excluding hydrogens is 228 g/mol. The van der Waals surface area contributed by atoms with Crippen LogP contribution in [0.1, 0.15) is 31.1 Å². The van der Waals surface area contributed by atoms with Crippen molar-refractivity contribution >= 4 is 11.6 Å². The predicted octanol–water partition coefficient (Wildman–Crippen LogP) is 2.40. The average Bonchev–Trinajstić information content (AvgIpc) is 2.34. The van der Waals surface area contributed by atoms with E-state index in [9.17, 15) is 4.79 Å². The Morgan fingerprint density at radius 2 is 2.06 bits per heavy atom. The molecule has 4 heteroatoms. The fraction of sp³-hybridized carbons (Fsp3) is 0.500. The summed E-state index contributed by atoms with van der Waals surface area (Å²) in [6.07, 6.45) is 0. The highest BCUT2D eigenvalue weighted by Crippen LogP contribution is 2.20. The largest absolute Gasteiger partial charge is 0.497 e. The monoisotopic (exact) mass is 250 g/mol. The number of nitrogens with two attached hydrogens (primary N) is 1. The van der Waals surface area contributed by atoms with Crippen LogP contribution in [0.15, 0.2) is 18.2 Å². The van der Waals surface area contributed by atoms with Gasteiger partial charge in [-0.15, -0.1) is 0 Å². The van der Waals surface area contributed by atoms with E-state index in [1.165, 1.54) is 0 Å². The van der Waals surface area contributed by atoms with Gasteiger partial charge in [-0.1, -0.05) is 13.8 Å². The first-order valence-corrected chi connectivity index (χ1v) is 6.21. The molecule has 0 atom stereocenters. The smallest absolute Gasteiger partial charge is 0.254 e. The summed E-state index contributed by atoms with van der Waals surface area (Å²) in [7, 11) is 1.56. The molecule has 0 bridgehead atoms. The number of carbonyl (C=O) groups is 1. The van der Waals surface area contributed by atoms with Gasteiger partial charge < -0.3 is 15.4 Å². The SMILES string of the molecule is CCN(CC(C)C)C(=O)c1cc(N)cc(OC)c1. The first kappa shape index (κ1) is 14.4. The van der Waals surface area contributed by atoms with E-state index >= 15 is 0 Å². The second-order valence-corrected chi connectivity index (χ2v) is 4.73. The lowest BCUT2D eigenvalue weighted by Crippen LogP contribution is -2.34. The van der Waals surface area contributed by atoms with Gasteiger partial charge in [0, 0.05) is 30.4 Å². The third-order valence-corrected chi connectivity index (χ3v) is 2.67. The number of methoxy groups -OCH3 is 1. The third-order valence-electron chi connectivity index (χ3n) is 2.67. The lowest BCUT2D eigenvalue weighted by atomic mass is 10.1. The number of ether oxygens (including phenoxy) is 1. The number of carbonyl (C=O) groups excluding carboxylic acids is 1. The Kier molecular flexibility index (Phi) is 5.01. The van der Waals surface area contributed by atoms with E-state index in [0.717, 1.165) is 6.54 Å². The molecule has 0 radical (unpaired) electrons. The molecule has 1 rings (SSSR count). The van der Waals surface area contributed by atoms with Crippen LogP contribution in [-0.4, -0.2) is 31.0 Å². The van der Waals surface area contributed by atoms with Gasteiger partial charge in [-0.3, -0.25) is 4.79 Å². The fourth-order valence-corrected chi connectivity index (χ4v) is 1.84. The molecule has 0 unspecified atom stereocenters. The number of benzene rings is 1. The number of anilines is 1. The Bertz CT molecular complexity index is 416. The summed E-state index contributed by atoms with van der Waals surface area (Å²) in [5.74, 6) is 1.05. The normalized spacial score (nSPS) is 10.5. The van der Waals surface area contributed by atoms with E-state index in [4.69, 9.17) is 10.5 Å². The maximum absolute atomic E-state index is 12.3. The summed E-state index contributed by atoms with van der Waals surface area (Å²) in [6, 6.07) is 5.12. The third kappa shape index (κ3) is 3.65. The molecule has 18 heavy (non-hydrogen) atoms. The molecule has 0 aliphatic heterocycles. The minimum atomic E-state index is -0.00296. The first-order valence-electron chi connectivity index (χ1n) is 6.21. The van der Waals surface area contributed by atoms with Crippen LogP contribution in [0.2, 0.25) is 0 Å². The second-order valence-electron chi connectivity index (χ2n) is 4.73. The van der Waals surface area contributed by atoms with Crippen molar-refractivity contribution < 1.29 is 9.53 Å². The molecular formula is C14H22N2O2. The first-order chi connectivity index (χ1) is 8.47. The Balaban J connectivity index is 2.97. The summed E-state index contributed by atoms with van der Waals surface area (Å²) in [5, 5.41) is 0. The molecule has 4 nitrogen and oxygen atoms in total. The lowest BCUT2D eigenvalue weighted by molar-refractivity contribution is 0.0745. The molecule has 100 valence electrons. The van der Waals surface area contributed by atoms with Crippen molar-refractivity contribution in [2.75, 3.05) is 25.9 Å². The molecule has 0 fully saturated rings. The molecule has 0 spiro atoms. The number of nitrogen functional groups attached to an aromatic ring is 1. The molecule has 1 aromatic rings. The van der Waals surface area contributed by atoms with Crippen LogP contribution in [0, 0.1) is 5.92 Å². The van der Waals surface area contributed by atoms with Crippen LogP contribution < -0.4 is 10.5 Å². The van der Waals surface area contributed by atoms with Gasteiger partial charge in [-0.2, -0.15) is 0 Å². The van der Waals surface area contributed by atoms with Crippen molar-refractivity contribution in [2.24, 2.45) is 5.92 Å². The maximum Gasteiger partial charge on any atom is 0.254 e. The highest BCUT2D eigenvalue weighted by atomic mass is 16.5. The van der Waals surface area contributed by atoms with E-state index in [-0.39, 0.29) is 5.91 Å². The summed E-state index contributed by atoms with van der Waals surface area (Å²) in [4.78, 5) is 14.2. The Labute approximate surface area is 109 Å². The molecule has 2 N–H and O–H groups in total. The van der Waals surface area contributed by atoms with E-state index in [2.05, 4.69) is 13.8 Å². The number of nitrogens with zero attached hydrogens (tertiary/aromatic N) is 1. The zero-order valence-corrected chi connectivity index (χ0v) is 11.6. The number of hydrogen-bond acceptors (Lipinski definition) is 3. The van der Waals surface area contributed by atoms with Gasteiger partial charge in [-0.05, 0) is 25.0 Å². The van der Waals surface area contributed by atoms with Crippen LogP contribution in [-0.2, 0) is 0 Å². The summed E-state index contributed by atoms with van der Waals surface area (Å²) >= 11 is 0. The fourth-order valence-electron chi connectivity index (χ4n) is 1.84. The second kappa shape index (κ2) is 6.28. The topological polar surface area (TPSA) is 55.6 Å². The molecule has 1 aromatic carbocycles. The highest BCUT2D eigenvalue weighted by Gasteiger charge is 2.16. The van der Waals surface area contributed by atoms with Crippen molar-refractivity contribution in [3.8, 4) is 5.75 Å². The van der Waals surface area contributed by atoms with Crippen molar-refractivity contribution in [3.63, 3.8) is 0 Å². The Morgan fingerprint density at radius 3 is 2.56 bits per heavy atom. The van der Waals surface area contributed by atoms with Gasteiger partial charge in [0.25, 0.3) is 5.91 Å². The van der Waals surface area contributed by atoms with Crippen LogP contribution in [0.3, 0.4) is 0 Å². The average molecular weight is 250 g/mol. The van der Waals surface area contributed by atoms with Gasteiger partial charge in [0.1, 0.15) is 5.75 Å². The van der Waals surface area contributed by atoms with Crippen LogP contribution in [0.25, 0.3) is 0 Å². The van der Waals surface area contributed by atoms with E-state index in [0.29, 0.717) is 29.5 Å². The molecule has 0 saturated heterocycles. The van der Waals surface area contributed by atoms with Crippen LogP contribution >= 0.6 is 0 Å². The van der Waals surface area contributed by atoms with Crippen molar-refractivity contribution in [1.29, 1.82) is 0 Å². The zero-order valence-electron chi connectivity index (χ0n) is 11.6. The quantitative estimate of drug-likeness (QED) is 0.816. The number of rotatable bonds is 5. The van der Waals surface area contributed by atoms with Gasteiger partial charge in [0.2, 0.25) is 0 Å². The zero-order chi connectivity index (χ0) is 13.7. The van der Waals surface area contributed by atoms with Crippen molar-refractivity contribution in [2.45, 2.75) is 20.8 Å². The standard InChI is InChI=1S/C14H22N2O2/c1-5-16(9-10(2)3)14(17)11-6-12(15)8-13(7-11)18-4/h6-8,10H,5,9,15H2,1-4H3. The summed E-state index contributed by atoms with van der Waals surface area (Å²) < 4.78 is 5.13. The van der Waals surface area contributed by atoms with E-state index in [1.54, 1.807) is 25.3 Å². The minimum absolute atomic E-state index is 0.00296. The molecule has 0 aromatic heterocycles. The van der Waals surface area contributed by atoms with Crippen molar-refractivity contribution in [1.82, 2.24) is 4.90 Å². The van der Waals surface area contributed by atoms with E-state index < -0.39 is 0 Å². The summed E-state index contributed by atoms with van der Waals surface area (Å²) in [5.41, 5.74) is 6.88. The van der Waals surface area contributed by atoms with Gasteiger partial charge in [-0.25, -0.2) is 0 Å². The highest BCUT2D eigenvalue weighted by molar-refractivity contribution is 5.95. The predicted molar refractivity (Wildman–Crippen MR) is 73.8 cm³/mol. The number of hydrogen-bond donors (Lipinski definition) is 1. The Hall–Kier alpha value is -1.71. The molecule has 0 heterocycles. The lowest BCUT2D eigenvalue weighted by Gasteiger charge is -2.23. The molecule has 0 aliphatic rings. The van der Waals surface area contributed by atoms with E-state index in [1.807, 2.05) is 11.8 Å². The molecule has 0 aliphatic carbocycles. The minimum Gasteiger partial charge on any atom is -0.497 e. The van der Waals surface area contributed by atoms with Crippen molar-refractivity contribution in [3.05, 3.63) is 23.8 Å². The molecule has 1 amide bonds. The van der Waals surface area contributed by atoms with Crippen LogP contribution in [0.5, 0.6) is 5.75 Å². The van der Waals surface area contributed by atoms with Crippen LogP contribution in [0.4, 0.5) is 5.69 Å². The van der Waals surface area contributed by atoms with Gasteiger partial charge in [0.15, 0.2) is 0 Å².